The summed E-state index contributed by atoms with van der Waals surface area (Å²) in [6, 6.07) is 9.10. The molecule has 19 heavy (non-hydrogen) atoms. The fraction of sp³-hybridized carbons (Fsp3) is 0.200. The summed E-state index contributed by atoms with van der Waals surface area (Å²) in [4.78, 5) is 18.2. The maximum Gasteiger partial charge on any atom is 0.260 e. The van der Waals surface area contributed by atoms with Crippen LogP contribution in [0, 0.1) is 6.92 Å². The zero-order valence-electron chi connectivity index (χ0n) is 11.1. The molecular formula is C15H17N3O. The molecule has 2 aromatic rings. The van der Waals surface area contributed by atoms with Crippen LogP contribution in [0.2, 0.25) is 0 Å². The molecule has 1 amide bonds. The van der Waals surface area contributed by atoms with Gasteiger partial charge in [0.15, 0.2) is 0 Å². The average molecular weight is 255 g/mol. The number of aromatic nitrogens is 1. The molecule has 0 fully saturated rings. The molecule has 0 atom stereocenters. The third-order valence-corrected chi connectivity index (χ3v) is 2.97. The highest BCUT2D eigenvalue weighted by atomic mass is 16.2. The SMILES string of the molecule is CCN(C(=O)c1ccc(C)cc1N)c1ccncc1. The highest BCUT2D eigenvalue weighted by molar-refractivity contribution is 6.09. The van der Waals surface area contributed by atoms with E-state index in [1.165, 1.54) is 0 Å². The Bertz CT molecular complexity index is 581. The lowest BCUT2D eigenvalue weighted by Crippen LogP contribution is -2.31. The molecule has 0 saturated heterocycles. The molecular weight excluding hydrogens is 238 g/mol. The van der Waals surface area contributed by atoms with Crippen LogP contribution in [0.15, 0.2) is 42.7 Å². The summed E-state index contributed by atoms with van der Waals surface area (Å²) in [5.74, 6) is -0.0915. The van der Waals surface area contributed by atoms with Crippen molar-refractivity contribution in [2.24, 2.45) is 0 Å². The van der Waals surface area contributed by atoms with Crippen LogP contribution in [0.1, 0.15) is 22.8 Å². The molecule has 98 valence electrons. The zero-order chi connectivity index (χ0) is 13.8. The Kier molecular flexibility index (Phi) is 3.80. The van der Waals surface area contributed by atoms with Gasteiger partial charge >= 0.3 is 0 Å². The van der Waals surface area contributed by atoms with Crippen molar-refractivity contribution in [1.82, 2.24) is 4.98 Å². The van der Waals surface area contributed by atoms with Crippen molar-refractivity contribution in [1.29, 1.82) is 0 Å². The molecule has 4 nitrogen and oxygen atoms in total. The van der Waals surface area contributed by atoms with Gasteiger partial charge in [-0.3, -0.25) is 9.78 Å². The van der Waals surface area contributed by atoms with Crippen molar-refractivity contribution in [2.45, 2.75) is 13.8 Å². The predicted molar refractivity (Wildman–Crippen MR) is 77.2 cm³/mol. The van der Waals surface area contributed by atoms with Crippen LogP contribution in [-0.4, -0.2) is 17.4 Å². The van der Waals surface area contributed by atoms with E-state index in [-0.39, 0.29) is 5.91 Å². The molecule has 0 aliphatic carbocycles. The van der Waals surface area contributed by atoms with Gasteiger partial charge in [0.2, 0.25) is 0 Å². The third kappa shape index (κ3) is 2.73. The summed E-state index contributed by atoms with van der Waals surface area (Å²) >= 11 is 0. The first-order valence-corrected chi connectivity index (χ1v) is 6.21. The topological polar surface area (TPSA) is 59.2 Å². The molecule has 1 aromatic carbocycles. The van der Waals surface area contributed by atoms with Crippen molar-refractivity contribution in [3.63, 3.8) is 0 Å². The molecule has 0 bridgehead atoms. The highest BCUT2D eigenvalue weighted by Crippen LogP contribution is 2.20. The first-order valence-electron chi connectivity index (χ1n) is 6.21. The number of amides is 1. The highest BCUT2D eigenvalue weighted by Gasteiger charge is 2.18. The first-order chi connectivity index (χ1) is 9.13. The molecule has 0 saturated carbocycles. The number of nitrogens with two attached hydrogens (primary N) is 1. The van der Waals surface area contributed by atoms with Crippen molar-refractivity contribution in [3.05, 3.63) is 53.9 Å². The molecule has 0 radical (unpaired) electrons. The number of anilines is 2. The number of nitrogen functional groups attached to an aromatic ring is 1. The number of rotatable bonds is 3. The van der Waals surface area contributed by atoms with Gasteiger partial charge in [0.25, 0.3) is 5.91 Å². The maximum atomic E-state index is 12.5. The van der Waals surface area contributed by atoms with E-state index in [2.05, 4.69) is 4.98 Å². The zero-order valence-corrected chi connectivity index (χ0v) is 11.1. The minimum atomic E-state index is -0.0915. The molecule has 1 aromatic heterocycles. The second kappa shape index (κ2) is 5.52. The maximum absolute atomic E-state index is 12.5. The van der Waals surface area contributed by atoms with Crippen LogP contribution >= 0.6 is 0 Å². The Hall–Kier alpha value is -2.36. The largest absolute Gasteiger partial charge is 0.398 e. The lowest BCUT2D eigenvalue weighted by atomic mass is 10.1. The fourth-order valence-electron chi connectivity index (χ4n) is 1.99. The van der Waals surface area contributed by atoms with Gasteiger partial charge in [0.1, 0.15) is 0 Å². The van der Waals surface area contributed by atoms with E-state index in [0.29, 0.717) is 17.8 Å². The van der Waals surface area contributed by atoms with Crippen LogP contribution in [0.25, 0.3) is 0 Å². The van der Waals surface area contributed by atoms with Crippen molar-refractivity contribution < 1.29 is 4.79 Å². The van der Waals surface area contributed by atoms with E-state index in [1.54, 1.807) is 23.4 Å². The summed E-state index contributed by atoms with van der Waals surface area (Å²) < 4.78 is 0. The van der Waals surface area contributed by atoms with Crippen LogP contribution in [0.5, 0.6) is 0 Å². The van der Waals surface area contributed by atoms with E-state index in [0.717, 1.165) is 11.3 Å². The molecule has 2 rings (SSSR count). The monoisotopic (exact) mass is 255 g/mol. The second-order valence-corrected chi connectivity index (χ2v) is 4.35. The number of nitrogens with zero attached hydrogens (tertiary/aromatic N) is 2. The van der Waals surface area contributed by atoms with Gasteiger partial charge in [-0.15, -0.1) is 0 Å². The number of hydrogen-bond acceptors (Lipinski definition) is 3. The minimum Gasteiger partial charge on any atom is -0.398 e. The van der Waals surface area contributed by atoms with Crippen molar-refractivity contribution >= 4 is 17.3 Å². The van der Waals surface area contributed by atoms with E-state index >= 15 is 0 Å². The minimum absolute atomic E-state index is 0.0915. The third-order valence-electron chi connectivity index (χ3n) is 2.97. The van der Waals surface area contributed by atoms with E-state index in [9.17, 15) is 4.79 Å². The Morgan fingerprint density at radius 3 is 2.53 bits per heavy atom. The quantitative estimate of drug-likeness (QED) is 0.858. The average Bonchev–Trinajstić information content (AvgIpc) is 2.40. The van der Waals surface area contributed by atoms with Gasteiger partial charge in [-0.05, 0) is 43.7 Å². The molecule has 0 unspecified atom stereocenters. The molecule has 0 spiro atoms. The van der Waals surface area contributed by atoms with Gasteiger partial charge in [-0.1, -0.05) is 6.07 Å². The van der Waals surface area contributed by atoms with Gasteiger partial charge in [0.05, 0.1) is 5.56 Å². The Morgan fingerprint density at radius 2 is 1.95 bits per heavy atom. The normalized spacial score (nSPS) is 10.2. The number of benzene rings is 1. The Morgan fingerprint density at radius 1 is 1.26 bits per heavy atom. The van der Waals surface area contributed by atoms with Crippen LogP contribution < -0.4 is 10.6 Å². The molecule has 0 aliphatic rings. The van der Waals surface area contributed by atoms with E-state index in [1.807, 2.05) is 38.1 Å². The van der Waals surface area contributed by atoms with Crippen molar-refractivity contribution in [3.8, 4) is 0 Å². The van der Waals surface area contributed by atoms with Gasteiger partial charge in [-0.25, -0.2) is 0 Å². The Balaban J connectivity index is 2.36. The number of hydrogen-bond donors (Lipinski definition) is 1. The Labute approximate surface area is 112 Å². The van der Waals surface area contributed by atoms with Crippen molar-refractivity contribution in [2.75, 3.05) is 17.2 Å². The van der Waals surface area contributed by atoms with Gasteiger partial charge < -0.3 is 10.6 Å². The van der Waals surface area contributed by atoms with Gasteiger partial charge in [0, 0.05) is 30.3 Å². The number of carbonyl (C=O) groups is 1. The smallest absolute Gasteiger partial charge is 0.260 e. The summed E-state index contributed by atoms with van der Waals surface area (Å²) in [6.07, 6.45) is 3.34. The number of pyridine rings is 1. The van der Waals surface area contributed by atoms with Crippen LogP contribution in [0.4, 0.5) is 11.4 Å². The molecule has 1 heterocycles. The lowest BCUT2D eigenvalue weighted by molar-refractivity contribution is 0.0989. The summed E-state index contributed by atoms with van der Waals surface area (Å²) in [5, 5.41) is 0. The molecule has 2 N–H and O–H groups in total. The molecule has 4 heteroatoms. The van der Waals surface area contributed by atoms with E-state index < -0.39 is 0 Å². The van der Waals surface area contributed by atoms with Crippen LogP contribution in [-0.2, 0) is 0 Å². The first kappa shape index (κ1) is 13.1. The second-order valence-electron chi connectivity index (χ2n) is 4.35. The number of aryl methyl sites for hydroxylation is 1. The fourth-order valence-corrected chi connectivity index (χ4v) is 1.99. The predicted octanol–water partition coefficient (Wildman–Crippen LogP) is 2.64. The summed E-state index contributed by atoms with van der Waals surface area (Å²) in [5.41, 5.74) is 8.84. The summed E-state index contributed by atoms with van der Waals surface area (Å²) in [6.45, 7) is 4.46. The van der Waals surface area contributed by atoms with E-state index in [4.69, 9.17) is 5.73 Å². The number of carbonyl (C=O) groups excluding carboxylic acids is 1. The molecule has 0 aliphatic heterocycles. The standard InChI is InChI=1S/C15H17N3O/c1-3-18(12-6-8-17-9-7-12)15(19)13-5-4-11(2)10-14(13)16/h4-10H,3,16H2,1-2H3. The summed E-state index contributed by atoms with van der Waals surface area (Å²) in [7, 11) is 0. The van der Waals surface area contributed by atoms with Crippen LogP contribution in [0.3, 0.4) is 0 Å². The van der Waals surface area contributed by atoms with Gasteiger partial charge in [-0.2, -0.15) is 0 Å². The lowest BCUT2D eigenvalue weighted by Gasteiger charge is -2.21.